The number of aromatic nitrogens is 4. The summed E-state index contributed by atoms with van der Waals surface area (Å²) in [6, 6.07) is 0. The first-order valence-electron chi connectivity index (χ1n) is 5.22. The molecule has 0 spiro atoms. The zero-order valence-corrected chi connectivity index (χ0v) is 9.47. The van der Waals surface area contributed by atoms with Crippen molar-refractivity contribution in [2.75, 3.05) is 6.54 Å². The second-order valence-electron chi connectivity index (χ2n) is 3.68. The summed E-state index contributed by atoms with van der Waals surface area (Å²) in [5.41, 5.74) is 1.70. The van der Waals surface area contributed by atoms with Crippen molar-refractivity contribution >= 4 is 0 Å². The quantitative estimate of drug-likeness (QED) is 0.742. The summed E-state index contributed by atoms with van der Waals surface area (Å²) in [5.74, 6) is 1.07. The minimum atomic E-state index is 0.680. The molecule has 0 aliphatic rings. The molecule has 2 rings (SSSR count). The monoisotopic (exact) mass is 221 g/mol. The molecule has 0 fully saturated rings. The average Bonchev–Trinajstić information content (AvgIpc) is 2.84. The van der Waals surface area contributed by atoms with Crippen LogP contribution in [0.1, 0.15) is 17.2 Å². The van der Waals surface area contributed by atoms with Gasteiger partial charge in [0, 0.05) is 39.0 Å². The molecule has 0 amide bonds. The lowest BCUT2D eigenvalue weighted by molar-refractivity contribution is 0.300. The highest BCUT2D eigenvalue weighted by Crippen LogP contribution is 1.99. The Morgan fingerprint density at radius 3 is 2.94 bits per heavy atom. The Morgan fingerprint density at radius 1 is 1.44 bits per heavy atom. The number of nitrogens with zero attached hydrogens (tertiary/aromatic N) is 4. The van der Waals surface area contributed by atoms with E-state index in [2.05, 4.69) is 25.2 Å². The Labute approximate surface area is 93.6 Å². The lowest BCUT2D eigenvalue weighted by atomic mass is 10.3. The van der Waals surface area contributed by atoms with E-state index in [1.165, 1.54) is 0 Å². The molecule has 0 saturated heterocycles. The highest BCUT2D eigenvalue weighted by Gasteiger charge is 2.04. The maximum absolute atomic E-state index is 4.61. The van der Waals surface area contributed by atoms with Crippen molar-refractivity contribution in [3.05, 3.63) is 29.6 Å². The van der Waals surface area contributed by atoms with E-state index in [-0.39, 0.29) is 0 Å². The Hall–Kier alpha value is -1.69. The molecule has 0 aliphatic carbocycles. The van der Waals surface area contributed by atoms with E-state index in [9.17, 15) is 0 Å². The van der Waals surface area contributed by atoms with Crippen LogP contribution in [0.4, 0.5) is 0 Å². The predicted molar refractivity (Wildman–Crippen MR) is 57.7 cm³/mol. The number of hydrogen-bond donors (Lipinski definition) is 1. The highest BCUT2D eigenvalue weighted by molar-refractivity contribution is 5.03. The summed E-state index contributed by atoms with van der Waals surface area (Å²) >= 11 is 0. The Morgan fingerprint density at radius 2 is 2.31 bits per heavy atom. The third kappa shape index (κ3) is 2.46. The molecule has 0 atom stereocenters. The molecule has 86 valence electrons. The van der Waals surface area contributed by atoms with Gasteiger partial charge < -0.3 is 9.88 Å². The molecule has 1 N–H and O–H groups in total. The van der Waals surface area contributed by atoms with Gasteiger partial charge in [0.15, 0.2) is 0 Å². The standard InChI is InChI=1S/C10H15N5O/c1-8-9(14-16-13-8)7-11-4-3-10-12-5-6-15(10)2/h5-6,11H,3-4,7H2,1-2H3. The summed E-state index contributed by atoms with van der Waals surface area (Å²) in [7, 11) is 1.99. The van der Waals surface area contributed by atoms with Crippen molar-refractivity contribution < 1.29 is 4.63 Å². The molecule has 2 aromatic rings. The number of rotatable bonds is 5. The van der Waals surface area contributed by atoms with Gasteiger partial charge in [-0.3, -0.25) is 0 Å². The van der Waals surface area contributed by atoms with E-state index in [0.29, 0.717) is 6.54 Å². The molecule has 6 heteroatoms. The minimum Gasteiger partial charge on any atom is -0.338 e. The van der Waals surface area contributed by atoms with Crippen molar-refractivity contribution in [3.8, 4) is 0 Å². The first kappa shape index (κ1) is 10.8. The summed E-state index contributed by atoms with van der Waals surface area (Å²) in [6.07, 6.45) is 4.65. The number of imidazole rings is 1. The second kappa shape index (κ2) is 4.89. The highest BCUT2D eigenvalue weighted by atomic mass is 16.6. The van der Waals surface area contributed by atoms with Gasteiger partial charge in [0.25, 0.3) is 0 Å². The van der Waals surface area contributed by atoms with Gasteiger partial charge in [0.1, 0.15) is 17.2 Å². The van der Waals surface area contributed by atoms with Gasteiger partial charge in [-0.1, -0.05) is 10.3 Å². The fourth-order valence-corrected chi connectivity index (χ4v) is 1.45. The first-order chi connectivity index (χ1) is 7.77. The molecule has 6 nitrogen and oxygen atoms in total. The van der Waals surface area contributed by atoms with E-state index in [1.54, 1.807) is 6.20 Å². The average molecular weight is 221 g/mol. The fourth-order valence-electron chi connectivity index (χ4n) is 1.45. The van der Waals surface area contributed by atoms with Crippen LogP contribution in [-0.4, -0.2) is 26.4 Å². The maximum Gasteiger partial charge on any atom is 0.121 e. The smallest absolute Gasteiger partial charge is 0.121 e. The summed E-state index contributed by atoms with van der Waals surface area (Å²) in [5, 5.41) is 10.8. The summed E-state index contributed by atoms with van der Waals surface area (Å²) < 4.78 is 6.63. The lowest BCUT2D eigenvalue weighted by Gasteiger charge is -2.02. The third-order valence-electron chi connectivity index (χ3n) is 2.49. The SMILES string of the molecule is Cc1nonc1CNCCc1nccn1C. The molecule has 0 aliphatic heterocycles. The van der Waals surface area contributed by atoms with E-state index >= 15 is 0 Å². The van der Waals surface area contributed by atoms with Crippen LogP contribution in [0.2, 0.25) is 0 Å². The van der Waals surface area contributed by atoms with E-state index in [4.69, 9.17) is 0 Å². The molecule has 16 heavy (non-hydrogen) atoms. The molecule has 2 heterocycles. The van der Waals surface area contributed by atoms with Gasteiger partial charge in [-0.25, -0.2) is 9.61 Å². The third-order valence-corrected chi connectivity index (χ3v) is 2.49. The second-order valence-corrected chi connectivity index (χ2v) is 3.68. The van der Waals surface area contributed by atoms with E-state index < -0.39 is 0 Å². The topological polar surface area (TPSA) is 68.8 Å². The van der Waals surface area contributed by atoms with Crippen LogP contribution in [0.25, 0.3) is 0 Å². The molecule has 0 aromatic carbocycles. The lowest BCUT2D eigenvalue weighted by Crippen LogP contribution is -2.18. The van der Waals surface area contributed by atoms with Gasteiger partial charge in [0.2, 0.25) is 0 Å². The normalized spacial score (nSPS) is 10.9. The predicted octanol–water partition coefficient (Wildman–Crippen LogP) is 0.444. The Bertz CT molecular complexity index is 405. The van der Waals surface area contributed by atoms with Crippen LogP contribution >= 0.6 is 0 Å². The van der Waals surface area contributed by atoms with Gasteiger partial charge in [-0.05, 0) is 6.92 Å². The van der Waals surface area contributed by atoms with Crippen LogP contribution < -0.4 is 5.32 Å². The zero-order chi connectivity index (χ0) is 11.4. The Balaban J connectivity index is 1.74. The zero-order valence-electron chi connectivity index (χ0n) is 9.47. The number of aryl methyl sites for hydroxylation is 2. The molecule has 2 aromatic heterocycles. The van der Waals surface area contributed by atoms with Gasteiger partial charge in [-0.2, -0.15) is 0 Å². The van der Waals surface area contributed by atoms with E-state index in [0.717, 1.165) is 30.2 Å². The molecule has 0 radical (unpaired) electrons. The summed E-state index contributed by atoms with van der Waals surface area (Å²) in [6.45, 7) is 3.42. The van der Waals surface area contributed by atoms with Crippen molar-refractivity contribution in [3.63, 3.8) is 0 Å². The van der Waals surface area contributed by atoms with Crippen LogP contribution in [0, 0.1) is 6.92 Å². The molecular formula is C10H15N5O. The molecule has 0 unspecified atom stereocenters. The van der Waals surface area contributed by atoms with Gasteiger partial charge in [-0.15, -0.1) is 0 Å². The van der Waals surface area contributed by atoms with Gasteiger partial charge in [0.05, 0.1) is 0 Å². The maximum atomic E-state index is 4.61. The molecule has 0 bridgehead atoms. The summed E-state index contributed by atoms with van der Waals surface area (Å²) in [4.78, 5) is 4.24. The van der Waals surface area contributed by atoms with Crippen molar-refractivity contribution in [1.82, 2.24) is 25.2 Å². The molecular weight excluding hydrogens is 206 g/mol. The number of hydrogen-bond acceptors (Lipinski definition) is 5. The Kier molecular flexibility index (Phi) is 3.31. The van der Waals surface area contributed by atoms with Crippen LogP contribution in [-0.2, 0) is 20.0 Å². The van der Waals surface area contributed by atoms with Crippen LogP contribution in [0.15, 0.2) is 17.0 Å². The van der Waals surface area contributed by atoms with Crippen molar-refractivity contribution in [1.29, 1.82) is 0 Å². The van der Waals surface area contributed by atoms with Crippen LogP contribution in [0.3, 0.4) is 0 Å². The van der Waals surface area contributed by atoms with Crippen molar-refractivity contribution in [2.45, 2.75) is 19.9 Å². The fraction of sp³-hybridized carbons (Fsp3) is 0.500. The van der Waals surface area contributed by atoms with Crippen molar-refractivity contribution in [2.24, 2.45) is 7.05 Å². The molecule has 0 saturated carbocycles. The van der Waals surface area contributed by atoms with E-state index in [1.807, 2.05) is 24.7 Å². The van der Waals surface area contributed by atoms with Crippen LogP contribution in [0.5, 0.6) is 0 Å². The van der Waals surface area contributed by atoms with Gasteiger partial charge >= 0.3 is 0 Å². The largest absolute Gasteiger partial charge is 0.338 e. The first-order valence-corrected chi connectivity index (χ1v) is 5.22. The minimum absolute atomic E-state index is 0.680. The number of nitrogens with one attached hydrogen (secondary N) is 1.